The van der Waals surface area contributed by atoms with Crippen LogP contribution in [-0.4, -0.2) is 16.0 Å². The molecule has 4 bridgehead atoms. The van der Waals surface area contributed by atoms with Gasteiger partial charge in [0, 0.05) is 74.1 Å². The van der Waals surface area contributed by atoms with E-state index in [9.17, 15) is 0 Å². The number of aromatic nitrogens is 1. The number of carbonyl (C=O) groups excluding carboxylic acids is 2. The maximum Gasteiger partial charge on any atom is 0.175 e. The Morgan fingerprint density at radius 1 is 0.373 bits per heavy atom. The number of hydrogen-bond acceptors (Lipinski definition) is 4. The maximum atomic E-state index is 15.2. The van der Waals surface area contributed by atoms with Gasteiger partial charge in [0.2, 0.25) is 0 Å². The van der Waals surface area contributed by atoms with E-state index in [2.05, 4.69) is 144 Å². The lowest BCUT2D eigenvalue weighted by Crippen LogP contribution is -2.19. The Morgan fingerprint density at radius 3 is 1.14 bits per heavy atom. The van der Waals surface area contributed by atoms with Crippen molar-refractivity contribution in [3.8, 4) is 0 Å². The smallest absolute Gasteiger partial charge is 0.175 e. The van der Waals surface area contributed by atoms with Crippen LogP contribution in [0.1, 0.15) is 100 Å². The molecule has 4 heterocycles. The first kappa shape index (κ1) is 30.4. The van der Waals surface area contributed by atoms with Gasteiger partial charge < -0.3 is 4.40 Å². The maximum absolute atomic E-state index is 15.2. The van der Waals surface area contributed by atoms with E-state index in [0.717, 1.165) is 55.5 Å². The fourth-order valence-electron chi connectivity index (χ4n) is 12.6. The van der Waals surface area contributed by atoms with Crippen molar-refractivity contribution in [2.45, 2.75) is 23.7 Å². The van der Waals surface area contributed by atoms with Gasteiger partial charge in [-0.1, -0.05) is 103 Å². The van der Waals surface area contributed by atoms with Crippen LogP contribution >= 0.6 is 22.7 Å². The lowest BCUT2D eigenvalue weighted by Gasteiger charge is -2.30. The van der Waals surface area contributed by atoms with Crippen LogP contribution in [0.2, 0.25) is 0 Å². The van der Waals surface area contributed by atoms with Crippen LogP contribution < -0.4 is 0 Å². The monoisotopic (exact) mass is 785 g/mol. The minimum Gasteiger partial charge on any atom is -0.308 e. The Hall–Kier alpha value is -6.66. The number of Topliss-reactive ketones (excluding diaryl/α,β-unsaturated/α-hetero) is 2. The summed E-state index contributed by atoms with van der Waals surface area (Å²) >= 11 is 3.80. The molecular weight excluding hydrogens is 759 g/mol. The van der Waals surface area contributed by atoms with Gasteiger partial charge in [0.25, 0.3) is 0 Å². The SMILES string of the molecule is O=C1c2cc3c(cc2C2c4ccccc4C1c1ccccc12)c1c2sc4cccc5sc(c2c45)c2c4cc5c(cc4n3c12)C(=O)C1c2ccccc2C5c2ccccc21. The van der Waals surface area contributed by atoms with E-state index in [0.29, 0.717) is 0 Å². The zero-order valence-corrected chi connectivity index (χ0v) is 32.8. The zero-order valence-electron chi connectivity index (χ0n) is 31.2. The molecule has 0 unspecified atom stereocenters. The first-order chi connectivity index (χ1) is 29.1. The fraction of sp³-hybridized carbons (Fsp3) is 0.0741. The molecule has 6 aliphatic carbocycles. The summed E-state index contributed by atoms with van der Waals surface area (Å²) in [4.78, 5) is 30.5. The number of fused-ring (bicyclic) bond motifs is 8. The minimum absolute atomic E-state index is 0.0419. The molecule has 0 fully saturated rings. The molecule has 272 valence electrons. The number of hydrogen-bond donors (Lipinski definition) is 0. The Balaban J connectivity index is 1.10. The summed E-state index contributed by atoms with van der Waals surface area (Å²) in [6.45, 7) is 0. The average Bonchev–Trinajstić information content (AvgIpc) is 3.97. The van der Waals surface area contributed by atoms with Crippen molar-refractivity contribution in [3.63, 3.8) is 0 Å². The standard InChI is InChI=1S/C54H27NO2S2/c56-51-34-22-38-36(20-32(34)42-24-10-1-5-14-28(24)44(51)29-15-6-2-11-25(29)42)46-50-47(54-49-48-40(58-53(46)49)18-9-19-41(48)59-54)37-21-33-35(23-39(37)55(38)50)52(57)45-30-16-7-3-12-26(30)43(33)27-13-4-8-17-31(27)45/h1-23,42-45H. The summed E-state index contributed by atoms with van der Waals surface area (Å²) < 4.78 is 7.69. The molecule has 5 heteroatoms. The molecule has 0 aliphatic heterocycles. The van der Waals surface area contributed by atoms with Crippen molar-refractivity contribution in [3.05, 3.63) is 206 Å². The number of carbonyl (C=O) groups is 2. The van der Waals surface area contributed by atoms with Gasteiger partial charge in [-0.2, -0.15) is 0 Å². The first-order valence-corrected chi connectivity index (χ1v) is 22.1. The topological polar surface area (TPSA) is 38.5 Å². The third-order valence-electron chi connectivity index (χ3n) is 14.8. The number of thiophene rings is 2. The van der Waals surface area contributed by atoms with Gasteiger partial charge in [0.1, 0.15) is 0 Å². The average molecular weight is 786 g/mol. The van der Waals surface area contributed by atoms with E-state index >= 15 is 9.59 Å². The highest BCUT2D eigenvalue weighted by molar-refractivity contribution is 7.33. The van der Waals surface area contributed by atoms with Crippen molar-refractivity contribution in [2.24, 2.45) is 0 Å². The molecule has 0 saturated heterocycles. The summed E-state index contributed by atoms with van der Waals surface area (Å²) in [6, 6.07) is 50.4. The number of nitrogens with zero attached hydrogens (tertiary/aromatic N) is 1. The van der Waals surface area contributed by atoms with E-state index in [1.54, 1.807) is 0 Å². The molecule has 0 spiro atoms. The summed E-state index contributed by atoms with van der Waals surface area (Å²) in [5.74, 6) is -0.458. The van der Waals surface area contributed by atoms with Gasteiger partial charge in [-0.05, 0) is 92.0 Å². The molecule has 3 nitrogen and oxygen atoms in total. The molecule has 4 aromatic heterocycles. The highest BCUT2D eigenvalue weighted by atomic mass is 32.1. The van der Waals surface area contributed by atoms with E-state index in [-0.39, 0.29) is 35.2 Å². The third kappa shape index (κ3) is 3.28. The van der Waals surface area contributed by atoms with Crippen molar-refractivity contribution in [1.82, 2.24) is 4.40 Å². The Morgan fingerprint density at radius 2 is 0.746 bits per heavy atom. The second-order valence-corrected chi connectivity index (χ2v) is 19.3. The van der Waals surface area contributed by atoms with E-state index in [1.807, 2.05) is 22.7 Å². The van der Waals surface area contributed by atoms with Crippen LogP contribution in [0.4, 0.5) is 0 Å². The molecule has 0 amide bonds. The highest BCUT2D eigenvalue weighted by Gasteiger charge is 2.45. The molecular formula is C54H27NO2S2. The molecule has 0 saturated carbocycles. The van der Waals surface area contributed by atoms with E-state index < -0.39 is 0 Å². The zero-order chi connectivity index (χ0) is 38.2. The second kappa shape index (κ2) is 9.95. The molecule has 8 aromatic carbocycles. The van der Waals surface area contributed by atoms with Gasteiger partial charge >= 0.3 is 0 Å². The number of ketones is 2. The Labute approximate surface area is 344 Å². The Bertz CT molecular complexity index is 3650. The summed E-state index contributed by atoms with van der Waals surface area (Å²) in [7, 11) is 0. The molecule has 0 N–H and O–H groups in total. The predicted molar refractivity (Wildman–Crippen MR) is 241 cm³/mol. The minimum atomic E-state index is -0.350. The van der Waals surface area contributed by atoms with Crippen LogP contribution in [0.15, 0.2) is 140 Å². The fourth-order valence-corrected chi connectivity index (χ4v) is 15.3. The van der Waals surface area contributed by atoms with Gasteiger partial charge in [-0.3, -0.25) is 9.59 Å². The molecule has 0 radical (unpaired) electrons. The van der Waals surface area contributed by atoms with Crippen LogP contribution in [0.3, 0.4) is 0 Å². The van der Waals surface area contributed by atoms with Crippen molar-refractivity contribution in [1.29, 1.82) is 0 Å². The van der Waals surface area contributed by atoms with Crippen LogP contribution in [0, 0.1) is 0 Å². The number of rotatable bonds is 0. The quantitative estimate of drug-likeness (QED) is 0.154. The van der Waals surface area contributed by atoms with E-state index in [4.69, 9.17) is 0 Å². The van der Waals surface area contributed by atoms with Crippen LogP contribution in [-0.2, 0) is 0 Å². The lowest BCUT2D eigenvalue weighted by atomic mass is 9.72. The summed E-state index contributed by atoms with van der Waals surface area (Å²) in [6.07, 6.45) is 0. The van der Waals surface area contributed by atoms with Crippen LogP contribution in [0.5, 0.6) is 0 Å². The molecule has 6 aliphatic rings. The van der Waals surface area contributed by atoms with Crippen molar-refractivity contribution >= 4 is 102 Å². The van der Waals surface area contributed by atoms with Crippen LogP contribution in [0.25, 0.3) is 67.7 Å². The normalized spacial score (nSPS) is 19.9. The van der Waals surface area contributed by atoms with Crippen molar-refractivity contribution < 1.29 is 9.59 Å². The lowest BCUT2D eigenvalue weighted by molar-refractivity contribution is 0.0966. The molecule has 59 heavy (non-hydrogen) atoms. The largest absolute Gasteiger partial charge is 0.308 e. The molecule has 12 aromatic rings. The number of benzene rings is 8. The summed E-state index contributed by atoms with van der Waals surface area (Å²) in [5.41, 5.74) is 16.5. The van der Waals surface area contributed by atoms with Gasteiger partial charge in [0.05, 0.1) is 28.4 Å². The molecule has 0 atom stereocenters. The van der Waals surface area contributed by atoms with Gasteiger partial charge in [0.15, 0.2) is 11.6 Å². The third-order valence-corrected chi connectivity index (χ3v) is 17.1. The van der Waals surface area contributed by atoms with Crippen molar-refractivity contribution in [2.75, 3.05) is 0 Å². The first-order valence-electron chi connectivity index (χ1n) is 20.5. The predicted octanol–water partition coefficient (Wildman–Crippen LogP) is 13.5. The molecule has 18 rings (SSSR count). The Kier molecular flexibility index (Phi) is 5.13. The summed E-state index contributed by atoms with van der Waals surface area (Å²) in [5, 5.41) is 7.58. The van der Waals surface area contributed by atoms with Gasteiger partial charge in [-0.15, -0.1) is 22.7 Å². The second-order valence-electron chi connectivity index (χ2n) is 17.2. The van der Waals surface area contributed by atoms with Gasteiger partial charge in [-0.25, -0.2) is 0 Å². The highest BCUT2D eigenvalue weighted by Crippen LogP contribution is 2.59. The van der Waals surface area contributed by atoms with E-state index in [1.165, 1.54) is 78.9 Å².